The van der Waals surface area contributed by atoms with Gasteiger partial charge in [0.15, 0.2) is 5.96 Å². The first-order valence-corrected chi connectivity index (χ1v) is 12.6. The van der Waals surface area contributed by atoms with Gasteiger partial charge < -0.3 is 10.6 Å². The van der Waals surface area contributed by atoms with E-state index in [1.165, 1.54) is 49.2 Å². The van der Waals surface area contributed by atoms with E-state index in [9.17, 15) is 0 Å². The number of guanidine groups is 1. The third kappa shape index (κ3) is 7.06. The van der Waals surface area contributed by atoms with Gasteiger partial charge in [0.2, 0.25) is 0 Å². The molecule has 0 radical (unpaired) electrons. The monoisotopic (exact) mass is 439 g/mol. The van der Waals surface area contributed by atoms with Gasteiger partial charge in [-0.1, -0.05) is 36.4 Å². The number of likely N-dealkylation sites (tertiary alicyclic amines) is 2. The Morgan fingerprint density at radius 1 is 0.935 bits per heavy atom. The van der Waals surface area contributed by atoms with E-state index in [0.29, 0.717) is 6.04 Å². The Bertz CT molecular complexity index is 776. The molecule has 0 spiro atoms. The fourth-order valence-corrected chi connectivity index (χ4v) is 5.42. The Morgan fingerprint density at radius 2 is 1.65 bits per heavy atom. The first-order valence-electron chi connectivity index (χ1n) is 11.8. The molecule has 5 nitrogen and oxygen atoms in total. The van der Waals surface area contributed by atoms with Gasteiger partial charge in [-0.05, 0) is 61.7 Å². The number of nitrogens with one attached hydrogen (secondary N) is 2. The molecule has 0 atom stereocenters. The van der Waals surface area contributed by atoms with Crippen LogP contribution in [-0.2, 0) is 13.1 Å². The molecule has 0 bridgehead atoms. The maximum Gasteiger partial charge on any atom is 0.191 e. The Kier molecular flexibility index (Phi) is 8.38. The van der Waals surface area contributed by atoms with Gasteiger partial charge in [-0.2, -0.15) is 0 Å². The van der Waals surface area contributed by atoms with Gasteiger partial charge in [0.25, 0.3) is 0 Å². The largest absolute Gasteiger partial charge is 0.356 e. The lowest BCUT2D eigenvalue weighted by Gasteiger charge is -2.34. The molecule has 2 saturated heterocycles. The molecule has 0 saturated carbocycles. The lowest BCUT2D eigenvalue weighted by molar-refractivity contribution is 0.179. The Labute approximate surface area is 191 Å². The van der Waals surface area contributed by atoms with Gasteiger partial charge in [-0.3, -0.25) is 14.8 Å². The van der Waals surface area contributed by atoms with Gasteiger partial charge in [0, 0.05) is 50.7 Å². The number of piperidine rings is 2. The lowest BCUT2D eigenvalue weighted by Crippen LogP contribution is -2.49. The molecular formula is C25H37N5S. The normalized spacial score (nSPS) is 20.1. The molecule has 2 aliphatic heterocycles. The van der Waals surface area contributed by atoms with Crippen LogP contribution in [0.5, 0.6) is 0 Å². The lowest BCUT2D eigenvalue weighted by atomic mass is 9.97. The van der Waals surface area contributed by atoms with Crippen LogP contribution in [0.15, 0.2) is 52.8 Å². The molecule has 2 aromatic rings. The van der Waals surface area contributed by atoms with Crippen LogP contribution in [-0.4, -0.2) is 61.6 Å². The molecular weight excluding hydrogens is 402 g/mol. The average Bonchev–Trinajstić information content (AvgIpc) is 3.32. The van der Waals surface area contributed by atoms with E-state index in [0.717, 1.165) is 44.6 Å². The molecule has 0 amide bonds. The number of benzene rings is 1. The summed E-state index contributed by atoms with van der Waals surface area (Å²) in [6.07, 6.45) is 4.89. The van der Waals surface area contributed by atoms with Crippen LogP contribution in [0.3, 0.4) is 0 Å². The highest BCUT2D eigenvalue weighted by molar-refractivity contribution is 7.09. The Morgan fingerprint density at radius 3 is 2.32 bits per heavy atom. The highest BCUT2D eigenvalue weighted by atomic mass is 32.1. The van der Waals surface area contributed by atoms with E-state index >= 15 is 0 Å². The van der Waals surface area contributed by atoms with Crippen molar-refractivity contribution in [1.29, 1.82) is 0 Å². The minimum absolute atomic E-state index is 0.519. The SMILES string of the molecule is CN=C(NCC1CCN(Cc2cccs2)CC1)NC1CCN(Cc2ccccc2)CC1. The molecule has 2 N–H and O–H groups in total. The fourth-order valence-electron chi connectivity index (χ4n) is 4.68. The summed E-state index contributed by atoms with van der Waals surface area (Å²) in [5.41, 5.74) is 1.41. The van der Waals surface area contributed by atoms with Gasteiger partial charge in [0.1, 0.15) is 0 Å². The Balaban J connectivity index is 1.12. The average molecular weight is 440 g/mol. The highest BCUT2D eigenvalue weighted by Crippen LogP contribution is 2.20. The zero-order chi connectivity index (χ0) is 21.3. The molecule has 0 unspecified atom stereocenters. The molecule has 1 aromatic carbocycles. The van der Waals surface area contributed by atoms with Crippen LogP contribution in [0, 0.1) is 5.92 Å². The van der Waals surface area contributed by atoms with E-state index in [1.54, 1.807) is 0 Å². The van der Waals surface area contributed by atoms with Crippen molar-refractivity contribution in [1.82, 2.24) is 20.4 Å². The van der Waals surface area contributed by atoms with E-state index in [-0.39, 0.29) is 0 Å². The first kappa shape index (κ1) is 22.3. The van der Waals surface area contributed by atoms with Crippen LogP contribution in [0.4, 0.5) is 0 Å². The second kappa shape index (κ2) is 11.7. The second-order valence-corrected chi connectivity index (χ2v) is 9.96. The van der Waals surface area contributed by atoms with E-state index < -0.39 is 0 Å². The summed E-state index contributed by atoms with van der Waals surface area (Å²) in [5.74, 6) is 1.72. The molecule has 168 valence electrons. The third-order valence-corrected chi connectivity index (χ3v) is 7.49. The summed E-state index contributed by atoms with van der Waals surface area (Å²) in [5, 5.41) is 9.46. The maximum atomic E-state index is 4.49. The molecule has 6 heteroatoms. The number of thiophene rings is 1. The van der Waals surface area contributed by atoms with E-state index in [2.05, 4.69) is 73.3 Å². The van der Waals surface area contributed by atoms with E-state index in [1.807, 2.05) is 18.4 Å². The van der Waals surface area contributed by atoms with Crippen molar-refractivity contribution in [3.63, 3.8) is 0 Å². The zero-order valence-electron chi connectivity index (χ0n) is 18.8. The third-order valence-electron chi connectivity index (χ3n) is 6.63. The minimum atomic E-state index is 0.519. The first-order chi connectivity index (χ1) is 15.3. The summed E-state index contributed by atoms with van der Waals surface area (Å²) >= 11 is 1.87. The van der Waals surface area contributed by atoms with Crippen molar-refractivity contribution in [2.75, 3.05) is 39.8 Å². The summed E-state index contributed by atoms with van der Waals surface area (Å²) in [6, 6.07) is 15.7. The van der Waals surface area contributed by atoms with Crippen LogP contribution in [0.25, 0.3) is 0 Å². The van der Waals surface area contributed by atoms with Gasteiger partial charge in [0.05, 0.1) is 0 Å². The Hall–Kier alpha value is -1.89. The predicted molar refractivity (Wildman–Crippen MR) is 132 cm³/mol. The van der Waals surface area contributed by atoms with Crippen LogP contribution in [0.1, 0.15) is 36.1 Å². The van der Waals surface area contributed by atoms with Crippen LogP contribution >= 0.6 is 11.3 Å². The predicted octanol–water partition coefficient (Wildman–Crippen LogP) is 3.79. The molecule has 1 aromatic heterocycles. The van der Waals surface area contributed by atoms with Crippen molar-refractivity contribution in [2.45, 2.75) is 44.8 Å². The van der Waals surface area contributed by atoms with Gasteiger partial charge >= 0.3 is 0 Å². The van der Waals surface area contributed by atoms with Crippen LogP contribution < -0.4 is 10.6 Å². The summed E-state index contributed by atoms with van der Waals surface area (Å²) in [7, 11) is 1.89. The number of rotatable bonds is 7. The molecule has 4 rings (SSSR count). The summed E-state index contributed by atoms with van der Waals surface area (Å²) in [6.45, 7) is 7.90. The van der Waals surface area contributed by atoms with Gasteiger partial charge in [-0.25, -0.2) is 0 Å². The molecule has 3 heterocycles. The van der Waals surface area contributed by atoms with Crippen molar-refractivity contribution in [3.05, 3.63) is 58.3 Å². The summed E-state index contributed by atoms with van der Waals surface area (Å²) < 4.78 is 0. The molecule has 2 fully saturated rings. The zero-order valence-corrected chi connectivity index (χ0v) is 19.6. The number of aliphatic imine (C=N–C) groups is 1. The summed E-state index contributed by atoms with van der Waals surface area (Å²) in [4.78, 5) is 11.1. The number of hydrogen-bond donors (Lipinski definition) is 2. The van der Waals surface area contributed by atoms with Crippen molar-refractivity contribution >= 4 is 17.3 Å². The molecule has 0 aliphatic carbocycles. The van der Waals surface area contributed by atoms with Crippen LogP contribution in [0.2, 0.25) is 0 Å². The maximum absolute atomic E-state index is 4.49. The standard InChI is InChI=1S/C25H37N5S/c1-26-25(27-18-21-9-13-30(14-10-21)20-24-8-5-17-31-24)28-23-11-15-29(16-12-23)19-22-6-3-2-4-7-22/h2-8,17,21,23H,9-16,18-20H2,1H3,(H2,26,27,28). The van der Waals surface area contributed by atoms with E-state index in [4.69, 9.17) is 0 Å². The highest BCUT2D eigenvalue weighted by Gasteiger charge is 2.22. The minimum Gasteiger partial charge on any atom is -0.356 e. The van der Waals surface area contributed by atoms with Gasteiger partial charge in [-0.15, -0.1) is 11.3 Å². The number of nitrogens with zero attached hydrogens (tertiary/aromatic N) is 3. The van der Waals surface area contributed by atoms with Crippen molar-refractivity contribution < 1.29 is 0 Å². The fraction of sp³-hybridized carbons (Fsp3) is 0.560. The molecule has 2 aliphatic rings. The van der Waals surface area contributed by atoms with Crippen molar-refractivity contribution in [2.24, 2.45) is 10.9 Å². The second-order valence-electron chi connectivity index (χ2n) is 8.93. The topological polar surface area (TPSA) is 42.9 Å². The quantitative estimate of drug-likeness (QED) is 0.509. The number of hydrogen-bond acceptors (Lipinski definition) is 4. The van der Waals surface area contributed by atoms with Crippen molar-refractivity contribution in [3.8, 4) is 0 Å². The molecule has 31 heavy (non-hydrogen) atoms. The smallest absolute Gasteiger partial charge is 0.191 e.